The second-order valence-corrected chi connectivity index (χ2v) is 14.4. The highest BCUT2D eigenvalue weighted by Crippen LogP contribution is 2.46. The molecule has 6 rings (SSSR count). The molecule has 4 aromatic rings. The Labute approximate surface area is 255 Å². The van der Waals surface area contributed by atoms with Crippen LogP contribution in [-0.4, -0.2) is 39.5 Å². The van der Waals surface area contributed by atoms with Gasteiger partial charge in [0.05, 0.1) is 26.8 Å². The first-order valence-electron chi connectivity index (χ1n) is 13.0. The molecular weight excluding hydrogens is 637 g/mol. The number of sulfone groups is 2. The zero-order valence-electron chi connectivity index (χ0n) is 22.7. The SMILES string of the molecule is CC1=C(C(=O)OCc2oc(=O)oc2-c2ccccc2)C(c2c(F)cccc2Cl)C2C(=N1)CS(=O)(=O)c1ccccc1S2(=O)=O. The number of fused-ring (bicyclic) bond motifs is 2. The lowest BCUT2D eigenvalue weighted by molar-refractivity contribution is -0.141. The van der Waals surface area contributed by atoms with Gasteiger partial charge in [-0.1, -0.05) is 60.1 Å². The summed E-state index contributed by atoms with van der Waals surface area (Å²) in [6.45, 7) is 0.737. The van der Waals surface area contributed by atoms with E-state index in [1.54, 1.807) is 30.3 Å². The smallest absolute Gasteiger partial charge is 0.454 e. The fraction of sp³-hybridized carbons (Fsp3) is 0.167. The molecule has 226 valence electrons. The van der Waals surface area contributed by atoms with E-state index in [9.17, 15) is 26.4 Å². The molecule has 44 heavy (non-hydrogen) atoms. The number of rotatable bonds is 5. The number of ether oxygens (including phenoxy) is 1. The lowest BCUT2D eigenvalue weighted by Crippen LogP contribution is -2.42. The standard InChI is InChI=1S/C30H21ClFNO9S2/c1-16-24(29(34)40-14-21-27(42-30(35)41-21)17-8-3-2-4-9-17)26(25-18(31)10-7-11-19(25)32)28-20(33-16)15-43(36,37)22-12-5-6-13-23(22)44(28,38)39/h2-13,26,28H,14-15H2,1H3. The number of allylic oxidation sites excluding steroid dienone is 1. The van der Waals surface area contributed by atoms with Gasteiger partial charge in [0.25, 0.3) is 0 Å². The van der Waals surface area contributed by atoms with E-state index in [1.807, 2.05) is 0 Å². The molecule has 0 N–H and O–H groups in total. The maximum absolute atomic E-state index is 15.6. The van der Waals surface area contributed by atoms with Gasteiger partial charge in [0.2, 0.25) is 0 Å². The largest absolute Gasteiger partial charge is 0.519 e. The maximum atomic E-state index is 15.6. The second kappa shape index (κ2) is 11.0. The summed E-state index contributed by atoms with van der Waals surface area (Å²) in [5, 5.41) is -2.02. The number of aliphatic imine (C=N–C) groups is 1. The molecule has 0 radical (unpaired) electrons. The van der Waals surface area contributed by atoms with Gasteiger partial charge < -0.3 is 13.6 Å². The molecule has 0 aliphatic carbocycles. The third-order valence-corrected chi connectivity index (χ3v) is 11.7. The van der Waals surface area contributed by atoms with Gasteiger partial charge in [0, 0.05) is 27.8 Å². The Balaban J connectivity index is 1.50. The Morgan fingerprint density at radius 2 is 1.66 bits per heavy atom. The van der Waals surface area contributed by atoms with Gasteiger partial charge in [-0.25, -0.2) is 30.8 Å². The molecule has 0 amide bonds. The third kappa shape index (κ3) is 5.00. The molecule has 2 atom stereocenters. The van der Waals surface area contributed by atoms with Gasteiger partial charge >= 0.3 is 11.8 Å². The van der Waals surface area contributed by atoms with E-state index in [0.29, 0.717) is 5.56 Å². The Kier molecular flexibility index (Phi) is 7.42. The van der Waals surface area contributed by atoms with Crippen LogP contribution in [0, 0.1) is 5.82 Å². The molecular formula is C30H21ClFNO9S2. The highest BCUT2D eigenvalue weighted by atomic mass is 35.5. The van der Waals surface area contributed by atoms with Crippen LogP contribution in [0.25, 0.3) is 11.3 Å². The monoisotopic (exact) mass is 657 g/mol. The summed E-state index contributed by atoms with van der Waals surface area (Å²) < 4.78 is 86.5. The normalized spacial score (nSPS) is 20.2. The molecule has 10 nitrogen and oxygen atoms in total. The van der Waals surface area contributed by atoms with Crippen LogP contribution >= 0.6 is 11.6 Å². The first-order valence-corrected chi connectivity index (χ1v) is 16.6. The first-order chi connectivity index (χ1) is 20.9. The van der Waals surface area contributed by atoms with Gasteiger partial charge in [0.15, 0.2) is 37.8 Å². The number of hydrogen-bond donors (Lipinski definition) is 0. The minimum Gasteiger partial charge on any atom is -0.454 e. The maximum Gasteiger partial charge on any atom is 0.519 e. The lowest BCUT2D eigenvalue weighted by atomic mass is 9.83. The van der Waals surface area contributed by atoms with Crippen molar-refractivity contribution in [3.8, 4) is 11.3 Å². The zero-order chi connectivity index (χ0) is 31.4. The quantitative estimate of drug-likeness (QED) is 0.274. The van der Waals surface area contributed by atoms with Crippen molar-refractivity contribution in [1.82, 2.24) is 0 Å². The first kappa shape index (κ1) is 29.7. The number of halogens is 2. The van der Waals surface area contributed by atoms with Crippen molar-refractivity contribution in [1.29, 1.82) is 0 Å². The predicted molar refractivity (Wildman–Crippen MR) is 156 cm³/mol. The van der Waals surface area contributed by atoms with Crippen LogP contribution in [0.4, 0.5) is 4.39 Å². The van der Waals surface area contributed by atoms with Gasteiger partial charge in [-0.05, 0) is 31.2 Å². The van der Waals surface area contributed by atoms with Crippen LogP contribution in [0.2, 0.25) is 5.02 Å². The molecule has 2 unspecified atom stereocenters. The fourth-order valence-electron chi connectivity index (χ4n) is 5.53. The molecule has 3 heterocycles. The summed E-state index contributed by atoms with van der Waals surface area (Å²) in [5.74, 6) is -5.65. The number of nitrogens with zero attached hydrogens (tertiary/aromatic N) is 1. The topological polar surface area (TPSA) is 150 Å². The summed E-state index contributed by atoms with van der Waals surface area (Å²) in [7, 11) is -8.84. The Bertz CT molecular complexity index is 2150. The van der Waals surface area contributed by atoms with Crippen LogP contribution in [-0.2, 0) is 35.8 Å². The highest BCUT2D eigenvalue weighted by molar-refractivity contribution is 7.97. The molecule has 0 bridgehead atoms. The molecule has 14 heteroatoms. The van der Waals surface area contributed by atoms with E-state index in [2.05, 4.69) is 4.99 Å². The van der Waals surface area contributed by atoms with Crippen molar-refractivity contribution in [2.45, 2.75) is 34.5 Å². The zero-order valence-corrected chi connectivity index (χ0v) is 25.1. The number of hydrogen-bond acceptors (Lipinski definition) is 10. The molecule has 1 aromatic heterocycles. The average Bonchev–Trinajstić information content (AvgIpc) is 3.33. The summed E-state index contributed by atoms with van der Waals surface area (Å²) in [4.78, 5) is 29.1. The van der Waals surface area contributed by atoms with Crippen molar-refractivity contribution in [3.05, 3.63) is 117 Å². The van der Waals surface area contributed by atoms with Crippen molar-refractivity contribution in [3.63, 3.8) is 0 Å². The van der Waals surface area contributed by atoms with E-state index in [4.69, 9.17) is 25.2 Å². The second-order valence-electron chi connectivity index (χ2n) is 10.0. The Morgan fingerprint density at radius 1 is 0.977 bits per heavy atom. The molecule has 0 saturated carbocycles. The minimum atomic E-state index is -4.63. The summed E-state index contributed by atoms with van der Waals surface area (Å²) in [5.41, 5.74) is -0.644. The molecule has 2 aliphatic heterocycles. The number of carbonyl (C=O) groups is 1. The molecule has 0 fully saturated rings. The predicted octanol–water partition coefficient (Wildman–Crippen LogP) is 4.88. The molecule has 3 aromatic carbocycles. The van der Waals surface area contributed by atoms with Crippen LogP contribution in [0.5, 0.6) is 0 Å². The van der Waals surface area contributed by atoms with Gasteiger partial charge in [-0.15, -0.1) is 0 Å². The van der Waals surface area contributed by atoms with E-state index in [0.717, 1.165) is 12.1 Å². The van der Waals surface area contributed by atoms with Gasteiger partial charge in [-0.2, -0.15) is 0 Å². The third-order valence-electron chi connectivity index (χ3n) is 7.35. The highest BCUT2D eigenvalue weighted by Gasteiger charge is 2.52. The van der Waals surface area contributed by atoms with E-state index >= 15 is 4.39 Å². The number of benzene rings is 3. The Hall–Kier alpha value is -4.33. The van der Waals surface area contributed by atoms with Gasteiger partial charge in [0.1, 0.15) is 11.1 Å². The van der Waals surface area contributed by atoms with Gasteiger partial charge in [-0.3, -0.25) is 4.99 Å². The summed E-state index contributed by atoms with van der Waals surface area (Å²) >= 11 is 6.44. The lowest BCUT2D eigenvalue weighted by Gasteiger charge is -2.33. The molecule has 0 spiro atoms. The Morgan fingerprint density at radius 3 is 2.36 bits per heavy atom. The van der Waals surface area contributed by atoms with Crippen LogP contribution in [0.3, 0.4) is 0 Å². The van der Waals surface area contributed by atoms with Crippen molar-refractivity contribution in [2.75, 3.05) is 5.75 Å². The molecule has 0 saturated heterocycles. The van der Waals surface area contributed by atoms with E-state index < -0.39 is 70.6 Å². The number of carbonyl (C=O) groups excluding carboxylic acids is 1. The van der Waals surface area contributed by atoms with Crippen molar-refractivity contribution < 1.29 is 39.6 Å². The van der Waals surface area contributed by atoms with Crippen LogP contribution < -0.4 is 5.82 Å². The fourth-order valence-corrected chi connectivity index (χ4v) is 10.1. The summed E-state index contributed by atoms with van der Waals surface area (Å²) in [6.07, 6.45) is 0. The molecule has 2 aliphatic rings. The van der Waals surface area contributed by atoms with Crippen LogP contribution in [0.1, 0.15) is 24.2 Å². The van der Waals surface area contributed by atoms with Crippen LogP contribution in [0.15, 0.2) is 112 Å². The van der Waals surface area contributed by atoms with Crippen molar-refractivity contribution in [2.24, 2.45) is 4.99 Å². The van der Waals surface area contributed by atoms with E-state index in [1.165, 1.54) is 37.3 Å². The van der Waals surface area contributed by atoms with Crippen molar-refractivity contribution >= 4 is 43.0 Å². The average molecular weight is 658 g/mol. The summed E-state index contributed by atoms with van der Waals surface area (Å²) in [6, 6.07) is 17.1. The number of esters is 1. The van der Waals surface area contributed by atoms with E-state index in [-0.39, 0.29) is 39.1 Å². The minimum absolute atomic E-state index is 0.0138.